The van der Waals surface area contributed by atoms with E-state index < -0.39 is 0 Å². The molecule has 0 atom stereocenters. The Hall–Kier alpha value is -2.01. The van der Waals surface area contributed by atoms with E-state index in [1.54, 1.807) is 10.7 Å². The van der Waals surface area contributed by atoms with Gasteiger partial charge in [-0.05, 0) is 23.8 Å². The van der Waals surface area contributed by atoms with Crippen LogP contribution in [-0.2, 0) is 13.2 Å². The molecule has 0 aliphatic heterocycles. The number of aliphatic hydroxyl groups is 1. The number of benzene rings is 1. The van der Waals surface area contributed by atoms with Gasteiger partial charge in [-0.2, -0.15) is 5.10 Å². The average molecular weight is 247 g/mol. The lowest BCUT2D eigenvalue weighted by atomic mass is 10.2. The van der Waals surface area contributed by atoms with Gasteiger partial charge < -0.3 is 15.6 Å². The topological polar surface area (TPSA) is 73.3 Å². The van der Waals surface area contributed by atoms with Gasteiger partial charge in [0.2, 0.25) is 0 Å². The second kappa shape index (κ2) is 6.07. The fourth-order valence-electron chi connectivity index (χ4n) is 1.61. The molecule has 1 aromatic heterocycles. The molecule has 0 aliphatic rings. The molecule has 1 aromatic carbocycles. The van der Waals surface area contributed by atoms with Crippen LogP contribution in [0.15, 0.2) is 36.5 Å². The van der Waals surface area contributed by atoms with Crippen LogP contribution in [0.1, 0.15) is 12.0 Å². The summed E-state index contributed by atoms with van der Waals surface area (Å²) in [7, 11) is 0. The number of aryl methyl sites for hydroxylation is 1. The summed E-state index contributed by atoms with van der Waals surface area (Å²) in [6.45, 7) is 1.46. The highest BCUT2D eigenvalue weighted by atomic mass is 16.5. The Labute approximate surface area is 106 Å². The zero-order valence-electron chi connectivity index (χ0n) is 10.1. The normalized spacial score (nSPS) is 10.5. The molecule has 0 radical (unpaired) electrons. The quantitative estimate of drug-likeness (QED) is 0.757. The highest BCUT2D eigenvalue weighted by molar-refractivity contribution is 5.26. The van der Waals surface area contributed by atoms with E-state index in [1.807, 2.05) is 30.5 Å². The smallest absolute Gasteiger partial charge is 0.145 e. The van der Waals surface area contributed by atoms with Gasteiger partial charge in [0.05, 0.1) is 13.2 Å². The van der Waals surface area contributed by atoms with Gasteiger partial charge in [-0.1, -0.05) is 12.1 Å². The number of nitrogens with two attached hydrogens (primary N) is 1. The molecule has 2 aromatic rings. The van der Waals surface area contributed by atoms with Crippen molar-refractivity contribution in [2.24, 2.45) is 0 Å². The van der Waals surface area contributed by atoms with E-state index in [4.69, 9.17) is 15.6 Å². The first-order valence-corrected chi connectivity index (χ1v) is 5.89. The molecule has 0 amide bonds. The molecule has 0 saturated carbocycles. The molecule has 3 N–H and O–H groups in total. The summed E-state index contributed by atoms with van der Waals surface area (Å²) in [5.41, 5.74) is 6.40. The molecule has 5 nitrogen and oxygen atoms in total. The van der Waals surface area contributed by atoms with Gasteiger partial charge >= 0.3 is 0 Å². The van der Waals surface area contributed by atoms with Crippen molar-refractivity contribution < 1.29 is 9.84 Å². The third-order valence-electron chi connectivity index (χ3n) is 2.57. The van der Waals surface area contributed by atoms with E-state index in [0.29, 0.717) is 12.4 Å². The Balaban J connectivity index is 1.71. The lowest BCUT2D eigenvalue weighted by molar-refractivity contribution is 0.280. The van der Waals surface area contributed by atoms with Crippen molar-refractivity contribution in [1.29, 1.82) is 0 Å². The van der Waals surface area contributed by atoms with E-state index in [2.05, 4.69) is 5.10 Å². The number of rotatable bonds is 6. The van der Waals surface area contributed by atoms with Gasteiger partial charge in [0.15, 0.2) is 0 Å². The van der Waals surface area contributed by atoms with Crippen molar-refractivity contribution in [3.63, 3.8) is 0 Å². The summed E-state index contributed by atoms with van der Waals surface area (Å²) in [6.07, 6.45) is 2.72. The summed E-state index contributed by atoms with van der Waals surface area (Å²) < 4.78 is 7.38. The van der Waals surface area contributed by atoms with Crippen LogP contribution in [0, 0.1) is 0 Å². The number of anilines is 1. The first-order chi connectivity index (χ1) is 8.78. The number of hydrogen-bond acceptors (Lipinski definition) is 4. The van der Waals surface area contributed by atoms with Gasteiger partial charge in [0.25, 0.3) is 0 Å². The number of ether oxygens (including phenoxy) is 1. The van der Waals surface area contributed by atoms with Crippen LogP contribution < -0.4 is 10.5 Å². The number of aliphatic hydroxyl groups excluding tert-OH is 1. The minimum Gasteiger partial charge on any atom is -0.494 e. The molecule has 0 fully saturated rings. The average Bonchev–Trinajstić information content (AvgIpc) is 2.81. The maximum atomic E-state index is 8.91. The first-order valence-electron chi connectivity index (χ1n) is 5.89. The molecule has 0 aliphatic carbocycles. The SMILES string of the molecule is Nc1ccn(CCCOc2ccc(CO)cc2)n1. The molecule has 5 heteroatoms. The van der Waals surface area contributed by atoms with Crippen molar-refractivity contribution in [3.05, 3.63) is 42.1 Å². The molecule has 0 bridgehead atoms. The van der Waals surface area contributed by atoms with Crippen molar-refractivity contribution in [3.8, 4) is 5.75 Å². The van der Waals surface area contributed by atoms with E-state index in [1.165, 1.54) is 0 Å². The van der Waals surface area contributed by atoms with Crippen molar-refractivity contribution in [2.45, 2.75) is 19.6 Å². The lowest BCUT2D eigenvalue weighted by Gasteiger charge is -2.06. The first kappa shape index (κ1) is 12.4. The largest absolute Gasteiger partial charge is 0.494 e. The fraction of sp³-hybridized carbons (Fsp3) is 0.308. The van der Waals surface area contributed by atoms with E-state index in [9.17, 15) is 0 Å². The van der Waals surface area contributed by atoms with Crippen molar-refractivity contribution in [1.82, 2.24) is 9.78 Å². The summed E-state index contributed by atoms with van der Waals surface area (Å²) in [5, 5.41) is 13.0. The van der Waals surface area contributed by atoms with Crippen molar-refractivity contribution >= 4 is 5.82 Å². The number of aromatic nitrogens is 2. The monoisotopic (exact) mass is 247 g/mol. The number of nitrogens with zero attached hydrogens (tertiary/aromatic N) is 2. The van der Waals surface area contributed by atoms with Crippen LogP contribution in [0.4, 0.5) is 5.82 Å². The predicted molar refractivity (Wildman–Crippen MR) is 69.1 cm³/mol. The lowest BCUT2D eigenvalue weighted by Crippen LogP contribution is -2.05. The molecule has 0 spiro atoms. The van der Waals surface area contributed by atoms with Gasteiger partial charge in [-0.25, -0.2) is 0 Å². The van der Waals surface area contributed by atoms with Crippen LogP contribution in [0.3, 0.4) is 0 Å². The van der Waals surface area contributed by atoms with E-state index >= 15 is 0 Å². The van der Waals surface area contributed by atoms with Crippen LogP contribution in [0.2, 0.25) is 0 Å². The summed E-state index contributed by atoms with van der Waals surface area (Å²) in [4.78, 5) is 0. The Morgan fingerprint density at radius 3 is 2.61 bits per heavy atom. The number of nitrogen functional groups attached to an aromatic ring is 1. The molecule has 1 heterocycles. The second-order valence-electron chi connectivity index (χ2n) is 4.01. The molecular weight excluding hydrogens is 230 g/mol. The molecule has 96 valence electrons. The standard InChI is InChI=1S/C13H17N3O2/c14-13-6-8-16(15-13)7-1-9-18-12-4-2-11(10-17)3-5-12/h2-6,8,17H,1,7,9-10H2,(H2,14,15). The zero-order valence-corrected chi connectivity index (χ0v) is 10.1. The maximum absolute atomic E-state index is 8.91. The Morgan fingerprint density at radius 2 is 2.00 bits per heavy atom. The van der Waals surface area contributed by atoms with E-state index in [0.717, 1.165) is 24.3 Å². The molecule has 18 heavy (non-hydrogen) atoms. The van der Waals surface area contributed by atoms with Crippen LogP contribution in [0.5, 0.6) is 5.75 Å². The Morgan fingerprint density at radius 1 is 1.22 bits per heavy atom. The third-order valence-corrected chi connectivity index (χ3v) is 2.57. The van der Waals surface area contributed by atoms with Gasteiger partial charge in [0.1, 0.15) is 11.6 Å². The van der Waals surface area contributed by atoms with Gasteiger partial charge in [-0.15, -0.1) is 0 Å². The van der Waals surface area contributed by atoms with Crippen LogP contribution in [-0.4, -0.2) is 21.5 Å². The van der Waals surface area contributed by atoms with Crippen molar-refractivity contribution in [2.75, 3.05) is 12.3 Å². The molecular formula is C13H17N3O2. The second-order valence-corrected chi connectivity index (χ2v) is 4.01. The van der Waals surface area contributed by atoms with Gasteiger partial charge in [0, 0.05) is 19.2 Å². The Bertz CT molecular complexity index is 479. The van der Waals surface area contributed by atoms with Gasteiger partial charge in [-0.3, -0.25) is 4.68 Å². The zero-order chi connectivity index (χ0) is 12.8. The minimum atomic E-state index is 0.0565. The summed E-state index contributed by atoms with van der Waals surface area (Å²) in [6, 6.07) is 9.19. The van der Waals surface area contributed by atoms with Crippen LogP contribution >= 0.6 is 0 Å². The highest BCUT2D eigenvalue weighted by Crippen LogP contribution is 2.12. The molecule has 0 unspecified atom stereocenters. The molecule has 0 saturated heterocycles. The summed E-state index contributed by atoms with van der Waals surface area (Å²) in [5.74, 6) is 1.35. The van der Waals surface area contributed by atoms with E-state index in [-0.39, 0.29) is 6.61 Å². The fourth-order valence-corrected chi connectivity index (χ4v) is 1.61. The van der Waals surface area contributed by atoms with Crippen LogP contribution in [0.25, 0.3) is 0 Å². The molecule has 2 rings (SSSR count). The maximum Gasteiger partial charge on any atom is 0.145 e. The third kappa shape index (κ3) is 3.49. The number of hydrogen-bond donors (Lipinski definition) is 2. The Kier molecular flexibility index (Phi) is 4.20. The predicted octanol–water partition coefficient (Wildman–Crippen LogP) is 1.43. The minimum absolute atomic E-state index is 0.0565. The highest BCUT2D eigenvalue weighted by Gasteiger charge is 1.97. The summed E-state index contributed by atoms with van der Waals surface area (Å²) >= 11 is 0.